The average Bonchev–Trinajstić information content (AvgIpc) is 2.88. The number of nitrogens with zero attached hydrogens (tertiary/aromatic N) is 1. The van der Waals surface area contributed by atoms with Gasteiger partial charge in [0.25, 0.3) is 0 Å². The fraction of sp³-hybridized carbons (Fsp3) is 0.250. The van der Waals surface area contributed by atoms with E-state index in [1.54, 1.807) is 24.3 Å². The molecule has 0 unspecified atom stereocenters. The standard InChI is InChI=1S/C20H14ClNO3/c21-13-7-3-4-8-14(13)22-19(24)17-12-9-15(23)16(18(17)20(22)25)11-6-2-1-5-10(11)12/h1-8,12,16-18H,9H2/t12-,16-,17-,18-/m1/s1. The summed E-state index contributed by atoms with van der Waals surface area (Å²) in [6.45, 7) is 0. The van der Waals surface area contributed by atoms with Gasteiger partial charge in [0.1, 0.15) is 5.78 Å². The number of benzene rings is 2. The molecule has 1 saturated carbocycles. The van der Waals surface area contributed by atoms with Crippen molar-refractivity contribution in [2.24, 2.45) is 11.8 Å². The number of rotatable bonds is 1. The molecule has 4 nitrogen and oxygen atoms in total. The van der Waals surface area contributed by atoms with Gasteiger partial charge in [-0.1, -0.05) is 48.0 Å². The summed E-state index contributed by atoms with van der Waals surface area (Å²) in [6, 6.07) is 14.5. The third kappa shape index (κ3) is 1.80. The van der Waals surface area contributed by atoms with E-state index in [0.29, 0.717) is 17.1 Å². The Morgan fingerprint density at radius 3 is 2.24 bits per heavy atom. The summed E-state index contributed by atoms with van der Waals surface area (Å²) in [7, 11) is 0. The molecule has 2 aromatic rings. The third-order valence-electron chi connectivity index (χ3n) is 5.78. The van der Waals surface area contributed by atoms with Crippen LogP contribution in [0.4, 0.5) is 5.69 Å². The first-order valence-corrected chi connectivity index (χ1v) is 8.71. The lowest BCUT2D eigenvalue weighted by Gasteiger charge is -2.43. The molecule has 2 fully saturated rings. The second-order valence-electron chi connectivity index (χ2n) is 6.90. The van der Waals surface area contributed by atoms with Crippen molar-refractivity contribution in [3.63, 3.8) is 0 Å². The van der Waals surface area contributed by atoms with E-state index in [2.05, 4.69) is 0 Å². The molecule has 0 radical (unpaired) electrons. The maximum Gasteiger partial charge on any atom is 0.238 e. The van der Waals surface area contributed by atoms with Gasteiger partial charge in [-0.05, 0) is 23.3 Å². The first-order chi connectivity index (χ1) is 12.1. The van der Waals surface area contributed by atoms with Crippen molar-refractivity contribution in [1.29, 1.82) is 0 Å². The van der Waals surface area contributed by atoms with Crippen LogP contribution in [-0.2, 0) is 14.4 Å². The first kappa shape index (κ1) is 14.8. The summed E-state index contributed by atoms with van der Waals surface area (Å²) in [4.78, 5) is 40.1. The molecule has 0 spiro atoms. The Morgan fingerprint density at radius 2 is 1.48 bits per heavy atom. The molecule has 6 rings (SSSR count). The number of halogens is 1. The van der Waals surface area contributed by atoms with Crippen molar-refractivity contribution in [3.8, 4) is 0 Å². The summed E-state index contributed by atoms with van der Waals surface area (Å²) < 4.78 is 0. The fourth-order valence-corrected chi connectivity index (χ4v) is 5.05. The van der Waals surface area contributed by atoms with Crippen LogP contribution in [0.2, 0.25) is 5.02 Å². The van der Waals surface area contributed by atoms with Crippen LogP contribution in [-0.4, -0.2) is 17.6 Å². The van der Waals surface area contributed by atoms with E-state index in [1.165, 1.54) is 4.90 Å². The molecule has 5 heteroatoms. The smallest absolute Gasteiger partial charge is 0.238 e. The molecule has 0 N–H and O–H groups in total. The number of Topliss-reactive ketones (excluding diaryl/α,β-unsaturated/α-hetero) is 1. The van der Waals surface area contributed by atoms with E-state index in [0.717, 1.165) is 11.1 Å². The van der Waals surface area contributed by atoms with Crippen molar-refractivity contribution in [3.05, 3.63) is 64.7 Å². The van der Waals surface area contributed by atoms with Crippen molar-refractivity contribution in [2.75, 3.05) is 4.90 Å². The van der Waals surface area contributed by atoms with Gasteiger partial charge in [0.15, 0.2) is 0 Å². The van der Waals surface area contributed by atoms with Crippen LogP contribution >= 0.6 is 11.6 Å². The Balaban J connectivity index is 1.68. The van der Waals surface area contributed by atoms with Crippen molar-refractivity contribution < 1.29 is 14.4 Å². The van der Waals surface area contributed by atoms with E-state index < -0.39 is 17.8 Å². The van der Waals surface area contributed by atoms with E-state index in [1.807, 2.05) is 24.3 Å². The molecule has 1 heterocycles. The molecule has 2 aromatic carbocycles. The Kier molecular flexibility index (Phi) is 2.98. The lowest BCUT2D eigenvalue weighted by molar-refractivity contribution is -0.134. The first-order valence-electron chi connectivity index (χ1n) is 8.33. The maximum atomic E-state index is 13.1. The zero-order valence-electron chi connectivity index (χ0n) is 13.2. The Bertz CT molecular complexity index is 953. The molecule has 3 aliphatic carbocycles. The van der Waals surface area contributed by atoms with Crippen LogP contribution < -0.4 is 4.90 Å². The zero-order chi connectivity index (χ0) is 17.3. The molecule has 2 amide bonds. The number of fused-ring (bicyclic) bond motifs is 1. The normalized spacial score (nSPS) is 29.8. The van der Waals surface area contributed by atoms with Gasteiger partial charge >= 0.3 is 0 Å². The van der Waals surface area contributed by atoms with Crippen LogP contribution in [0.5, 0.6) is 0 Å². The largest absolute Gasteiger partial charge is 0.299 e. The zero-order valence-corrected chi connectivity index (χ0v) is 13.9. The third-order valence-corrected chi connectivity index (χ3v) is 6.10. The van der Waals surface area contributed by atoms with Crippen LogP contribution in [0.15, 0.2) is 48.5 Å². The topological polar surface area (TPSA) is 54.5 Å². The second-order valence-corrected chi connectivity index (χ2v) is 7.31. The van der Waals surface area contributed by atoms with Gasteiger partial charge in [-0.3, -0.25) is 14.4 Å². The lowest BCUT2D eigenvalue weighted by atomic mass is 9.56. The summed E-state index contributed by atoms with van der Waals surface area (Å²) in [6.07, 6.45) is 0.332. The number of imide groups is 1. The number of ketones is 1. The minimum absolute atomic E-state index is 0.0621. The van der Waals surface area contributed by atoms with Crippen LogP contribution in [0, 0.1) is 11.8 Å². The van der Waals surface area contributed by atoms with Crippen molar-refractivity contribution >= 4 is 34.9 Å². The second kappa shape index (κ2) is 5.02. The van der Waals surface area contributed by atoms with E-state index >= 15 is 0 Å². The van der Waals surface area contributed by atoms with Gasteiger partial charge in [-0.2, -0.15) is 0 Å². The van der Waals surface area contributed by atoms with Gasteiger partial charge < -0.3 is 0 Å². The number of hydrogen-bond donors (Lipinski definition) is 0. The predicted octanol–water partition coefficient (Wildman–Crippen LogP) is 3.30. The molecule has 124 valence electrons. The SMILES string of the molecule is O=C1C[C@@H]2c3ccccc3[C@H]1[C@H]1C(=O)N(c3ccccc3Cl)C(=O)[C@@H]12. The molecule has 25 heavy (non-hydrogen) atoms. The highest BCUT2D eigenvalue weighted by atomic mass is 35.5. The monoisotopic (exact) mass is 351 g/mol. The number of hydrogen-bond acceptors (Lipinski definition) is 3. The molecule has 1 saturated heterocycles. The number of carbonyl (C=O) groups excluding carboxylic acids is 3. The van der Waals surface area contributed by atoms with Crippen LogP contribution in [0.1, 0.15) is 29.4 Å². The van der Waals surface area contributed by atoms with Gasteiger partial charge in [0, 0.05) is 12.3 Å². The van der Waals surface area contributed by atoms with Crippen LogP contribution in [0.3, 0.4) is 0 Å². The highest BCUT2D eigenvalue weighted by molar-refractivity contribution is 6.36. The molecular formula is C20H14ClNO3. The molecule has 2 bridgehead atoms. The summed E-state index contributed by atoms with van der Waals surface area (Å²) >= 11 is 6.23. The highest BCUT2D eigenvalue weighted by Crippen LogP contribution is 2.57. The minimum Gasteiger partial charge on any atom is -0.299 e. The predicted molar refractivity (Wildman–Crippen MR) is 92.5 cm³/mol. The number of carbonyl (C=O) groups is 3. The molecular weight excluding hydrogens is 338 g/mol. The molecule has 4 atom stereocenters. The Hall–Kier alpha value is -2.46. The van der Waals surface area contributed by atoms with Gasteiger partial charge in [-0.25, -0.2) is 4.90 Å². The summed E-state index contributed by atoms with van der Waals surface area (Å²) in [5.74, 6) is -2.29. The number of anilines is 1. The van der Waals surface area contributed by atoms with Crippen LogP contribution in [0.25, 0.3) is 0 Å². The Labute approximate surface area is 149 Å². The summed E-state index contributed by atoms with van der Waals surface area (Å²) in [5, 5.41) is 0.360. The average molecular weight is 352 g/mol. The van der Waals surface area contributed by atoms with Gasteiger partial charge in [-0.15, -0.1) is 0 Å². The quantitative estimate of drug-likeness (QED) is 0.741. The van der Waals surface area contributed by atoms with E-state index in [9.17, 15) is 14.4 Å². The minimum atomic E-state index is -0.607. The maximum absolute atomic E-state index is 13.1. The lowest BCUT2D eigenvalue weighted by Crippen LogP contribution is -2.44. The molecule has 1 aliphatic heterocycles. The van der Waals surface area contributed by atoms with Gasteiger partial charge in [0.2, 0.25) is 11.8 Å². The summed E-state index contributed by atoms with van der Waals surface area (Å²) in [5.41, 5.74) is 2.35. The Morgan fingerprint density at radius 1 is 0.840 bits per heavy atom. The molecule has 0 aromatic heterocycles. The number of para-hydroxylation sites is 1. The van der Waals surface area contributed by atoms with Crippen molar-refractivity contribution in [2.45, 2.75) is 18.3 Å². The van der Waals surface area contributed by atoms with E-state index in [4.69, 9.17) is 11.6 Å². The van der Waals surface area contributed by atoms with Gasteiger partial charge in [0.05, 0.1) is 28.5 Å². The molecule has 4 aliphatic rings. The van der Waals surface area contributed by atoms with E-state index in [-0.39, 0.29) is 23.5 Å². The highest BCUT2D eigenvalue weighted by Gasteiger charge is 2.62. The number of amides is 2. The fourth-order valence-electron chi connectivity index (χ4n) is 4.83. The van der Waals surface area contributed by atoms with Crippen molar-refractivity contribution in [1.82, 2.24) is 0 Å².